The Bertz CT molecular complexity index is 590. The molecule has 0 saturated carbocycles. The quantitative estimate of drug-likeness (QED) is 0.781. The highest BCUT2D eigenvalue weighted by molar-refractivity contribution is 6.30. The number of ether oxygens (including phenoxy) is 1. The van der Waals surface area contributed by atoms with Gasteiger partial charge >= 0.3 is 0 Å². The zero-order valence-electron chi connectivity index (χ0n) is 14.3. The normalized spacial score (nSPS) is 14.3. The predicted octanol–water partition coefficient (Wildman–Crippen LogP) is 3.15. The second-order valence-corrected chi connectivity index (χ2v) is 6.72. The van der Waals surface area contributed by atoms with Gasteiger partial charge in [0, 0.05) is 43.1 Å². The minimum absolute atomic E-state index is 0.0304. The van der Waals surface area contributed by atoms with Crippen LogP contribution >= 0.6 is 11.6 Å². The molecule has 5 nitrogen and oxygen atoms in total. The average Bonchev–Trinajstić information content (AvgIpc) is 2.92. The van der Waals surface area contributed by atoms with Crippen molar-refractivity contribution in [3.05, 3.63) is 28.8 Å². The summed E-state index contributed by atoms with van der Waals surface area (Å²) in [6, 6.07) is 5.41. The fraction of sp³-hybridized carbons (Fsp3) is 0.556. The van der Waals surface area contributed by atoms with E-state index in [9.17, 15) is 9.59 Å². The van der Waals surface area contributed by atoms with E-state index in [4.69, 9.17) is 16.3 Å². The molecule has 1 N–H and O–H groups in total. The van der Waals surface area contributed by atoms with Crippen LogP contribution in [0.3, 0.4) is 0 Å². The Balaban J connectivity index is 1.78. The Morgan fingerprint density at radius 3 is 2.88 bits per heavy atom. The summed E-state index contributed by atoms with van der Waals surface area (Å²) in [5, 5.41) is 3.51. The van der Waals surface area contributed by atoms with Crippen molar-refractivity contribution >= 4 is 23.4 Å². The van der Waals surface area contributed by atoms with Crippen molar-refractivity contribution in [2.24, 2.45) is 0 Å². The highest BCUT2D eigenvalue weighted by Crippen LogP contribution is 2.24. The van der Waals surface area contributed by atoms with Crippen LogP contribution in [0.5, 0.6) is 5.75 Å². The number of nitrogens with one attached hydrogen (secondary N) is 1. The van der Waals surface area contributed by atoms with Crippen LogP contribution in [0.1, 0.15) is 45.1 Å². The highest BCUT2D eigenvalue weighted by atomic mass is 35.5. The molecule has 0 radical (unpaired) electrons. The van der Waals surface area contributed by atoms with Crippen LogP contribution in [0.2, 0.25) is 5.02 Å². The molecule has 132 valence electrons. The number of carbonyl (C=O) groups is 2. The molecule has 0 spiro atoms. The van der Waals surface area contributed by atoms with E-state index in [-0.39, 0.29) is 17.9 Å². The lowest BCUT2D eigenvalue weighted by Crippen LogP contribution is -2.28. The van der Waals surface area contributed by atoms with Crippen LogP contribution in [0.15, 0.2) is 18.2 Å². The predicted molar refractivity (Wildman–Crippen MR) is 94.1 cm³/mol. The number of hydrogen-bond donors (Lipinski definition) is 1. The van der Waals surface area contributed by atoms with Crippen LogP contribution in [0.4, 0.5) is 0 Å². The minimum Gasteiger partial charge on any atom is -0.491 e. The number of hydrogen-bond acceptors (Lipinski definition) is 3. The molecular formula is C18H25ClN2O3. The lowest BCUT2D eigenvalue weighted by Gasteiger charge is -2.16. The molecule has 0 atom stereocenters. The Morgan fingerprint density at radius 2 is 2.21 bits per heavy atom. The first-order valence-electron chi connectivity index (χ1n) is 8.45. The van der Waals surface area contributed by atoms with Gasteiger partial charge in [0.2, 0.25) is 11.8 Å². The van der Waals surface area contributed by atoms with Crippen molar-refractivity contribution in [3.8, 4) is 5.75 Å². The van der Waals surface area contributed by atoms with E-state index in [1.165, 1.54) is 0 Å². The molecule has 1 saturated heterocycles. The largest absolute Gasteiger partial charge is 0.491 e. The molecule has 6 heteroatoms. The van der Waals surface area contributed by atoms with E-state index in [0.29, 0.717) is 37.4 Å². The van der Waals surface area contributed by atoms with Crippen LogP contribution in [0, 0.1) is 0 Å². The number of nitrogens with zero attached hydrogens (tertiary/aromatic N) is 1. The summed E-state index contributed by atoms with van der Waals surface area (Å²) < 4.78 is 5.74. The molecule has 1 aromatic rings. The molecule has 1 heterocycles. The Morgan fingerprint density at radius 1 is 1.42 bits per heavy atom. The third-order valence-corrected chi connectivity index (χ3v) is 4.10. The van der Waals surface area contributed by atoms with Gasteiger partial charge in [0.25, 0.3) is 0 Å². The molecule has 1 aromatic carbocycles. The van der Waals surface area contributed by atoms with E-state index >= 15 is 0 Å². The molecule has 0 bridgehead atoms. The second-order valence-electron chi connectivity index (χ2n) is 6.28. The van der Waals surface area contributed by atoms with Gasteiger partial charge < -0.3 is 15.0 Å². The first kappa shape index (κ1) is 18.6. The fourth-order valence-corrected chi connectivity index (χ4v) is 2.90. The topological polar surface area (TPSA) is 58.6 Å². The summed E-state index contributed by atoms with van der Waals surface area (Å²) in [5.41, 5.74) is 0.860. The van der Waals surface area contributed by atoms with Gasteiger partial charge in [0.1, 0.15) is 5.75 Å². The first-order valence-corrected chi connectivity index (χ1v) is 8.83. The van der Waals surface area contributed by atoms with Gasteiger partial charge in [0.05, 0.1) is 6.10 Å². The molecule has 24 heavy (non-hydrogen) atoms. The van der Waals surface area contributed by atoms with Gasteiger partial charge in [-0.2, -0.15) is 0 Å². The molecule has 1 aliphatic heterocycles. The van der Waals surface area contributed by atoms with Crippen molar-refractivity contribution in [1.29, 1.82) is 0 Å². The summed E-state index contributed by atoms with van der Waals surface area (Å²) >= 11 is 6.03. The van der Waals surface area contributed by atoms with Gasteiger partial charge in [0.15, 0.2) is 0 Å². The van der Waals surface area contributed by atoms with Gasteiger partial charge in [-0.15, -0.1) is 0 Å². The van der Waals surface area contributed by atoms with Crippen LogP contribution < -0.4 is 10.1 Å². The van der Waals surface area contributed by atoms with E-state index in [1.807, 2.05) is 30.9 Å². The van der Waals surface area contributed by atoms with Gasteiger partial charge in [-0.1, -0.05) is 11.6 Å². The number of likely N-dealkylation sites (tertiary alicyclic amines) is 1. The SMILES string of the molecule is CC(C)Oc1ccc(Cl)cc1CNC(=O)CCCN1CCCC1=O. The minimum atomic E-state index is -0.0304. The number of halogens is 1. The second kappa shape index (κ2) is 8.92. The molecule has 0 aromatic heterocycles. The highest BCUT2D eigenvalue weighted by Gasteiger charge is 2.19. The first-order chi connectivity index (χ1) is 11.5. The zero-order valence-corrected chi connectivity index (χ0v) is 15.1. The summed E-state index contributed by atoms with van der Waals surface area (Å²) in [6.07, 6.45) is 2.71. The molecule has 2 amide bonds. The maximum absolute atomic E-state index is 12.0. The van der Waals surface area contributed by atoms with E-state index < -0.39 is 0 Å². The Hall–Kier alpha value is -1.75. The fourth-order valence-electron chi connectivity index (χ4n) is 2.71. The Labute approximate surface area is 148 Å². The molecule has 1 fully saturated rings. The van der Waals surface area contributed by atoms with Crippen LogP contribution in [0.25, 0.3) is 0 Å². The summed E-state index contributed by atoms with van der Waals surface area (Å²) in [7, 11) is 0. The molecule has 0 aliphatic carbocycles. The lowest BCUT2D eigenvalue weighted by molar-refractivity contribution is -0.128. The van der Waals surface area contributed by atoms with Gasteiger partial charge in [-0.25, -0.2) is 0 Å². The van der Waals surface area contributed by atoms with Crippen molar-refractivity contribution in [2.75, 3.05) is 13.1 Å². The van der Waals surface area contributed by atoms with Crippen LogP contribution in [-0.4, -0.2) is 35.9 Å². The smallest absolute Gasteiger partial charge is 0.222 e. The maximum atomic E-state index is 12.0. The van der Waals surface area contributed by atoms with Gasteiger partial charge in [-0.05, 0) is 44.9 Å². The Kier molecular flexibility index (Phi) is 6.91. The van der Waals surface area contributed by atoms with E-state index in [0.717, 1.165) is 24.3 Å². The van der Waals surface area contributed by atoms with Crippen molar-refractivity contribution in [3.63, 3.8) is 0 Å². The number of benzene rings is 1. The molecular weight excluding hydrogens is 328 g/mol. The van der Waals surface area contributed by atoms with Crippen molar-refractivity contribution in [2.45, 2.75) is 52.2 Å². The number of carbonyl (C=O) groups excluding carboxylic acids is 2. The summed E-state index contributed by atoms with van der Waals surface area (Å²) in [6.45, 7) is 5.77. The van der Waals surface area contributed by atoms with E-state index in [1.54, 1.807) is 6.07 Å². The lowest BCUT2D eigenvalue weighted by atomic mass is 10.2. The zero-order chi connectivity index (χ0) is 17.5. The molecule has 2 rings (SSSR count). The standard InChI is InChI=1S/C18H25ClN2O3/c1-13(2)24-16-8-7-15(19)11-14(16)12-20-17(22)5-3-9-21-10-4-6-18(21)23/h7-8,11,13H,3-6,9-10,12H2,1-2H3,(H,20,22). The third kappa shape index (κ3) is 5.71. The third-order valence-electron chi connectivity index (χ3n) is 3.86. The summed E-state index contributed by atoms with van der Waals surface area (Å²) in [5.74, 6) is 0.902. The number of amides is 2. The maximum Gasteiger partial charge on any atom is 0.222 e. The molecule has 0 unspecified atom stereocenters. The number of rotatable bonds is 8. The monoisotopic (exact) mass is 352 g/mol. The van der Waals surface area contributed by atoms with Crippen LogP contribution in [-0.2, 0) is 16.1 Å². The van der Waals surface area contributed by atoms with Crippen molar-refractivity contribution in [1.82, 2.24) is 10.2 Å². The van der Waals surface area contributed by atoms with Gasteiger partial charge in [-0.3, -0.25) is 9.59 Å². The summed E-state index contributed by atoms with van der Waals surface area (Å²) in [4.78, 5) is 25.4. The van der Waals surface area contributed by atoms with Crippen molar-refractivity contribution < 1.29 is 14.3 Å². The molecule has 1 aliphatic rings. The van der Waals surface area contributed by atoms with E-state index in [2.05, 4.69) is 5.32 Å². The average molecular weight is 353 g/mol.